The van der Waals surface area contributed by atoms with Gasteiger partial charge in [0, 0.05) is 35.1 Å². The lowest BCUT2D eigenvalue weighted by molar-refractivity contribution is -0.137. The molecule has 1 atom stereocenters. The Morgan fingerprint density at radius 1 is 1.11 bits per heavy atom. The first kappa shape index (κ1) is 24.8. The highest BCUT2D eigenvalue weighted by Crippen LogP contribution is 2.64. The van der Waals surface area contributed by atoms with Gasteiger partial charge in [-0.25, -0.2) is 10.3 Å². The number of ketones is 1. The molecule has 0 unspecified atom stereocenters. The van der Waals surface area contributed by atoms with Crippen LogP contribution in [0.4, 0.5) is 5.69 Å². The fourth-order valence-corrected chi connectivity index (χ4v) is 5.67. The van der Waals surface area contributed by atoms with Gasteiger partial charge in [-0.15, -0.1) is 0 Å². The summed E-state index contributed by atoms with van der Waals surface area (Å²) in [7, 11) is 0. The summed E-state index contributed by atoms with van der Waals surface area (Å²) in [6.45, 7) is 5.49. The lowest BCUT2D eigenvalue weighted by atomic mass is 9.67. The number of aliphatic hydroxyl groups is 1. The van der Waals surface area contributed by atoms with Crippen LogP contribution >= 0.6 is 0 Å². The maximum Gasteiger partial charge on any atom is 0.258 e. The minimum atomic E-state index is -1.39. The van der Waals surface area contributed by atoms with E-state index in [-0.39, 0.29) is 29.9 Å². The van der Waals surface area contributed by atoms with Crippen LogP contribution in [0.2, 0.25) is 0 Å². The number of nitrogens with zero attached hydrogens (tertiary/aromatic N) is 2. The summed E-state index contributed by atoms with van der Waals surface area (Å²) >= 11 is 0. The molecule has 0 radical (unpaired) electrons. The summed E-state index contributed by atoms with van der Waals surface area (Å²) in [5, 5.41) is 15.1. The van der Waals surface area contributed by atoms with Gasteiger partial charge < -0.3 is 5.11 Å². The van der Waals surface area contributed by atoms with Crippen molar-refractivity contribution in [1.82, 2.24) is 5.43 Å². The smallest absolute Gasteiger partial charge is 0.258 e. The second-order valence-corrected chi connectivity index (χ2v) is 10.3. The lowest BCUT2D eigenvalue weighted by Gasteiger charge is -2.39. The molecule has 190 valence electrons. The van der Waals surface area contributed by atoms with Crippen molar-refractivity contribution in [2.24, 2.45) is 10.5 Å². The SMILES string of the molecule is CC1=C(/C=N\NC(=O)CCCc2ccc(N3C(=O)C=CC3=O)cc2)C2=C(C)C3(CC3)[C@@](C)(O)C(=O)C2=C1. The van der Waals surface area contributed by atoms with Gasteiger partial charge in [-0.3, -0.25) is 19.2 Å². The zero-order valence-corrected chi connectivity index (χ0v) is 21.1. The Balaban J connectivity index is 1.15. The first-order valence-corrected chi connectivity index (χ1v) is 12.5. The van der Waals surface area contributed by atoms with Crippen LogP contribution in [-0.4, -0.2) is 40.4 Å². The van der Waals surface area contributed by atoms with Gasteiger partial charge in [0.25, 0.3) is 11.8 Å². The lowest BCUT2D eigenvalue weighted by Crippen LogP contribution is -2.49. The Labute approximate surface area is 215 Å². The number of carbonyl (C=O) groups is 4. The molecule has 0 saturated heterocycles. The van der Waals surface area contributed by atoms with Crippen molar-refractivity contribution in [1.29, 1.82) is 0 Å². The van der Waals surface area contributed by atoms with Crippen LogP contribution in [0.25, 0.3) is 0 Å². The van der Waals surface area contributed by atoms with E-state index in [0.717, 1.165) is 45.6 Å². The van der Waals surface area contributed by atoms with Gasteiger partial charge in [0.05, 0.1) is 11.9 Å². The van der Waals surface area contributed by atoms with Gasteiger partial charge in [0.2, 0.25) is 5.91 Å². The van der Waals surface area contributed by atoms with Gasteiger partial charge in [-0.2, -0.15) is 5.10 Å². The zero-order valence-electron chi connectivity index (χ0n) is 21.1. The molecular formula is C29H29N3O5. The van der Waals surface area contributed by atoms with Crippen LogP contribution in [0.15, 0.2) is 75.5 Å². The molecule has 2 N–H and O–H groups in total. The number of rotatable bonds is 7. The molecule has 1 saturated carbocycles. The summed E-state index contributed by atoms with van der Waals surface area (Å²) in [5.74, 6) is -1.18. The second-order valence-electron chi connectivity index (χ2n) is 10.3. The van der Waals surface area contributed by atoms with Crippen molar-refractivity contribution in [3.63, 3.8) is 0 Å². The van der Waals surface area contributed by atoms with E-state index >= 15 is 0 Å². The van der Waals surface area contributed by atoms with Crippen LogP contribution in [0, 0.1) is 5.41 Å². The summed E-state index contributed by atoms with van der Waals surface area (Å²) in [6, 6.07) is 7.13. The van der Waals surface area contributed by atoms with Crippen LogP contribution in [0.1, 0.15) is 52.0 Å². The molecular weight excluding hydrogens is 470 g/mol. The third-order valence-electron chi connectivity index (χ3n) is 8.04. The van der Waals surface area contributed by atoms with E-state index < -0.39 is 11.0 Å². The van der Waals surface area contributed by atoms with Crippen LogP contribution in [0.3, 0.4) is 0 Å². The van der Waals surface area contributed by atoms with Gasteiger partial charge in [-0.05, 0) is 81.4 Å². The Hall–Kier alpha value is -3.91. The molecule has 3 amide bonds. The Bertz CT molecular complexity index is 1370. The summed E-state index contributed by atoms with van der Waals surface area (Å²) < 4.78 is 0. The second kappa shape index (κ2) is 8.88. The predicted molar refractivity (Wildman–Crippen MR) is 138 cm³/mol. The molecule has 0 aromatic heterocycles. The van der Waals surface area contributed by atoms with E-state index in [1.165, 1.54) is 12.2 Å². The molecule has 1 aromatic carbocycles. The molecule has 1 aliphatic heterocycles. The highest BCUT2D eigenvalue weighted by atomic mass is 16.3. The van der Waals surface area contributed by atoms with Crippen molar-refractivity contribution in [3.8, 4) is 0 Å². The first-order valence-electron chi connectivity index (χ1n) is 12.5. The molecule has 1 fully saturated rings. The number of amides is 3. The molecule has 8 nitrogen and oxygen atoms in total. The van der Waals surface area contributed by atoms with Crippen LogP contribution < -0.4 is 10.3 Å². The molecule has 1 aromatic rings. The number of fused-ring (bicyclic) bond motifs is 1. The summed E-state index contributed by atoms with van der Waals surface area (Å²) in [6.07, 6.45) is 8.99. The van der Waals surface area contributed by atoms with Gasteiger partial charge in [0.15, 0.2) is 5.78 Å². The van der Waals surface area contributed by atoms with Crippen LogP contribution in [-0.2, 0) is 25.6 Å². The van der Waals surface area contributed by atoms with Crippen molar-refractivity contribution in [2.75, 3.05) is 4.90 Å². The summed E-state index contributed by atoms with van der Waals surface area (Å²) in [4.78, 5) is 50.1. The quantitative estimate of drug-likeness (QED) is 0.340. The average molecular weight is 500 g/mol. The molecule has 0 bridgehead atoms. The fraction of sp³-hybridized carbons (Fsp3) is 0.345. The highest BCUT2D eigenvalue weighted by Gasteiger charge is 2.65. The number of benzene rings is 1. The third kappa shape index (κ3) is 4.01. The first-order chi connectivity index (χ1) is 17.6. The molecule has 5 rings (SSSR count). The van der Waals surface area contributed by atoms with E-state index in [0.29, 0.717) is 24.1 Å². The van der Waals surface area contributed by atoms with Crippen molar-refractivity contribution < 1.29 is 24.3 Å². The van der Waals surface area contributed by atoms with Crippen molar-refractivity contribution in [2.45, 2.75) is 58.5 Å². The Morgan fingerprint density at radius 3 is 2.38 bits per heavy atom. The molecule has 3 aliphatic carbocycles. The molecule has 37 heavy (non-hydrogen) atoms. The van der Waals surface area contributed by atoms with Crippen molar-refractivity contribution in [3.05, 3.63) is 75.9 Å². The predicted octanol–water partition coefficient (Wildman–Crippen LogP) is 3.23. The van der Waals surface area contributed by atoms with Crippen molar-refractivity contribution >= 4 is 35.4 Å². The molecule has 8 heteroatoms. The largest absolute Gasteiger partial charge is 0.381 e. The van der Waals surface area contributed by atoms with Gasteiger partial charge in [0.1, 0.15) is 5.60 Å². The zero-order chi connectivity index (χ0) is 26.5. The standard InChI is InChI=1S/C29H29N3O5/c1-17-15-21-26(18(2)29(13-14-29)28(3,37)27(21)36)22(17)16-30-31-23(33)6-4-5-19-7-9-20(10-8-19)32-24(34)11-12-25(32)35/h7-12,15-16,37H,4-6,13-14H2,1-3H3,(H,31,33)/b30-16-/t28-/m0/s1. The number of nitrogens with one attached hydrogen (secondary N) is 1. The third-order valence-corrected chi connectivity index (χ3v) is 8.04. The van der Waals surface area contributed by atoms with E-state index in [1.54, 1.807) is 31.3 Å². The van der Waals surface area contributed by atoms with E-state index in [1.807, 2.05) is 26.0 Å². The number of hydrogen-bond donors (Lipinski definition) is 2. The number of allylic oxidation sites excluding steroid dienone is 4. The van der Waals surface area contributed by atoms with Gasteiger partial charge >= 0.3 is 0 Å². The van der Waals surface area contributed by atoms with Crippen LogP contribution in [0.5, 0.6) is 0 Å². The number of carbonyl (C=O) groups excluding carboxylic acids is 4. The summed E-state index contributed by atoms with van der Waals surface area (Å²) in [5.41, 5.74) is 6.23. The van der Waals surface area contributed by atoms with Gasteiger partial charge in [-0.1, -0.05) is 17.7 Å². The minimum absolute atomic E-state index is 0.219. The highest BCUT2D eigenvalue weighted by molar-refractivity contribution is 6.28. The number of hydrazone groups is 1. The van der Waals surface area contributed by atoms with E-state index in [9.17, 15) is 24.3 Å². The number of hydrogen-bond acceptors (Lipinski definition) is 6. The minimum Gasteiger partial charge on any atom is -0.381 e. The molecule has 1 spiro atoms. The average Bonchev–Trinajstić information content (AvgIpc) is 3.53. The Kier molecular flexibility index (Phi) is 5.95. The Morgan fingerprint density at radius 2 is 1.76 bits per heavy atom. The molecule has 1 heterocycles. The normalized spacial score (nSPS) is 24.1. The van der Waals surface area contributed by atoms with E-state index in [2.05, 4.69) is 10.5 Å². The topological polar surface area (TPSA) is 116 Å². The number of aryl methyl sites for hydroxylation is 1. The fourth-order valence-electron chi connectivity index (χ4n) is 5.67. The maximum absolute atomic E-state index is 13.0. The number of imide groups is 1. The molecule has 4 aliphatic rings. The number of Topliss-reactive ketones (excluding diaryl/α,β-unsaturated/α-hetero) is 1. The monoisotopic (exact) mass is 499 g/mol. The maximum atomic E-state index is 13.0. The van der Waals surface area contributed by atoms with E-state index in [4.69, 9.17) is 0 Å². The number of anilines is 1.